The second kappa shape index (κ2) is 9.03. The molecule has 0 saturated heterocycles. The summed E-state index contributed by atoms with van der Waals surface area (Å²) in [6.07, 6.45) is 4.63. The van der Waals surface area contributed by atoms with Crippen LogP contribution in [-0.2, 0) is 24.9 Å². The Morgan fingerprint density at radius 2 is 2.04 bits per heavy atom. The molecule has 0 atom stereocenters. The number of furan rings is 1. The first-order valence-corrected chi connectivity index (χ1v) is 6.75. The molecule has 0 saturated carbocycles. The Labute approximate surface area is 148 Å². The normalized spacial score (nSPS) is 10.4. The Morgan fingerprint density at radius 3 is 2.61 bits per heavy atom. The van der Waals surface area contributed by atoms with Crippen LogP contribution in [0.1, 0.15) is 13.8 Å². The maximum Gasteiger partial charge on any atom is 0.155 e. The van der Waals surface area contributed by atoms with E-state index in [0.717, 1.165) is 22.2 Å². The average Bonchev–Trinajstić information content (AvgIpc) is 2.95. The predicted octanol–water partition coefficient (Wildman–Crippen LogP) is 4.33. The SMILES string of the molecule is CC(=O)C=C(C)O.[Ir].[c-]1ccccc1-c1nccc2ccoc12. The summed E-state index contributed by atoms with van der Waals surface area (Å²) >= 11 is 0. The van der Waals surface area contributed by atoms with E-state index in [2.05, 4.69) is 11.1 Å². The molecule has 0 unspecified atom stereocenters. The fourth-order valence-electron chi connectivity index (χ4n) is 1.92. The van der Waals surface area contributed by atoms with Crippen LogP contribution in [0.3, 0.4) is 0 Å². The quantitative estimate of drug-likeness (QED) is 0.333. The van der Waals surface area contributed by atoms with E-state index in [9.17, 15) is 4.79 Å². The van der Waals surface area contributed by atoms with Gasteiger partial charge in [-0.3, -0.25) is 4.79 Å². The maximum absolute atomic E-state index is 10.0. The maximum atomic E-state index is 10.0. The Bertz CT molecular complexity index is 790. The molecule has 23 heavy (non-hydrogen) atoms. The van der Waals surface area contributed by atoms with Gasteiger partial charge in [0.15, 0.2) is 5.78 Å². The Balaban J connectivity index is 0.000000287. The van der Waals surface area contributed by atoms with Crippen molar-refractivity contribution in [3.05, 3.63) is 66.8 Å². The van der Waals surface area contributed by atoms with Gasteiger partial charge in [-0.2, -0.15) is 0 Å². The first kappa shape index (κ1) is 18.8. The molecule has 3 aromatic rings. The van der Waals surface area contributed by atoms with Crippen molar-refractivity contribution in [2.45, 2.75) is 13.8 Å². The zero-order chi connectivity index (χ0) is 15.9. The van der Waals surface area contributed by atoms with E-state index in [4.69, 9.17) is 9.52 Å². The van der Waals surface area contributed by atoms with E-state index >= 15 is 0 Å². The number of aromatic nitrogens is 1. The molecule has 1 radical (unpaired) electrons. The number of pyridine rings is 1. The molecular formula is C18H16IrNO3-. The van der Waals surface area contributed by atoms with Crippen LogP contribution >= 0.6 is 0 Å². The Kier molecular flexibility index (Phi) is 7.39. The molecule has 0 aliphatic rings. The third kappa shape index (κ3) is 5.47. The molecule has 0 aliphatic heterocycles. The molecule has 3 rings (SSSR count). The van der Waals surface area contributed by atoms with Gasteiger partial charge in [0.1, 0.15) is 5.58 Å². The number of aliphatic hydroxyl groups excluding tert-OH is 1. The molecule has 5 heteroatoms. The number of carbonyl (C=O) groups is 1. The van der Waals surface area contributed by atoms with Crippen LogP contribution in [0.25, 0.3) is 22.2 Å². The van der Waals surface area contributed by atoms with Crippen molar-refractivity contribution in [1.82, 2.24) is 4.98 Å². The monoisotopic (exact) mass is 487 g/mol. The Hall–Kier alpha value is -2.23. The second-order valence-corrected chi connectivity index (χ2v) is 4.67. The number of ketones is 1. The number of hydrogen-bond acceptors (Lipinski definition) is 4. The molecule has 1 N–H and O–H groups in total. The van der Waals surface area contributed by atoms with Crippen LogP contribution in [0.4, 0.5) is 0 Å². The van der Waals surface area contributed by atoms with Crippen LogP contribution in [0.15, 0.2) is 65.1 Å². The topological polar surface area (TPSA) is 63.3 Å². The first-order chi connectivity index (χ1) is 10.6. The van der Waals surface area contributed by atoms with Gasteiger partial charge in [0.05, 0.1) is 12.0 Å². The second-order valence-electron chi connectivity index (χ2n) is 4.67. The third-order valence-corrected chi connectivity index (χ3v) is 2.74. The van der Waals surface area contributed by atoms with Crippen molar-refractivity contribution in [2.24, 2.45) is 0 Å². The van der Waals surface area contributed by atoms with Crippen LogP contribution in [0.2, 0.25) is 0 Å². The van der Waals surface area contributed by atoms with E-state index in [1.54, 1.807) is 12.5 Å². The number of fused-ring (bicyclic) bond motifs is 1. The van der Waals surface area contributed by atoms with Crippen LogP contribution in [0.5, 0.6) is 0 Å². The van der Waals surface area contributed by atoms with Gasteiger partial charge in [0, 0.05) is 43.5 Å². The largest absolute Gasteiger partial charge is 0.512 e. The van der Waals surface area contributed by atoms with Gasteiger partial charge in [-0.05, 0) is 26.0 Å². The van der Waals surface area contributed by atoms with Gasteiger partial charge in [0.25, 0.3) is 0 Å². The van der Waals surface area contributed by atoms with Crippen molar-refractivity contribution >= 4 is 16.8 Å². The summed E-state index contributed by atoms with van der Waals surface area (Å²) < 4.78 is 5.42. The van der Waals surface area contributed by atoms with Crippen molar-refractivity contribution in [3.63, 3.8) is 0 Å². The third-order valence-electron chi connectivity index (χ3n) is 2.74. The van der Waals surface area contributed by atoms with E-state index in [1.807, 2.05) is 36.4 Å². The molecule has 4 nitrogen and oxygen atoms in total. The summed E-state index contributed by atoms with van der Waals surface area (Å²) in [5, 5.41) is 9.43. The summed E-state index contributed by atoms with van der Waals surface area (Å²) in [6.45, 7) is 2.85. The summed E-state index contributed by atoms with van der Waals surface area (Å²) in [4.78, 5) is 14.3. The molecule has 121 valence electrons. The van der Waals surface area contributed by atoms with Crippen LogP contribution in [-0.4, -0.2) is 15.9 Å². The van der Waals surface area contributed by atoms with E-state index in [-0.39, 0.29) is 31.6 Å². The average molecular weight is 487 g/mol. The van der Waals surface area contributed by atoms with Gasteiger partial charge >= 0.3 is 0 Å². The number of benzene rings is 1. The number of hydrogen-bond donors (Lipinski definition) is 1. The van der Waals surface area contributed by atoms with Gasteiger partial charge in [-0.25, -0.2) is 0 Å². The number of rotatable bonds is 2. The standard InChI is InChI=1S/C13H8NO.C5H8O2.Ir/c1-2-4-10(5-3-1)12-13-11(6-8-14-12)7-9-15-13;1-4(6)3-5(2)7;/h1-4,6-9H;3,6H,1-2H3;/q-1;;. The zero-order valence-electron chi connectivity index (χ0n) is 12.7. The molecule has 2 heterocycles. The molecule has 0 fully saturated rings. The summed E-state index contributed by atoms with van der Waals surface area (Å²) in [7, 11) is 0. The van der Waals surface area contributed by atoms with Gasteiger partial charge in [0.2, 0.25) is 0 Å². The molecule has 0 bridgehead atoms. The first-order valence-electron chi connectivity index (χ1n) is 6.75. The number of nitrogens with zero attached hydrogens (tertiary/aromatic N) is 1. The molecule has 1 aromatic carbocycles. The minimum Gasteiger partial charge on any atom is -0.512 e. The molecule has 0 aliphatic carbocycles. The molecule has 2 aromatic heterocycles. The fourth-order valence-corrected chi connectivity index (χ4v) is 1.92. The summed E-state index contributed by atoms with van der Waals surface area (Å²) in [6, 6.07) is 14.8. The fraction of sp³-hybridized carbons (Fsp3) is 0.111. The van der Waals surface area contributed by atoms with E-state index in [1.165, 1.54) is 19.9 Å². The van der Waals surface area contributed by atoms with E-state index < -0.39 is 0 Å². The summed E-state index contributed by atoms with van der Waals surface area (Å²) in [5.41, 5.74) is 2.62. The minimum absolute atomic E-state index is 0. The van der Waals surface area contributed by atoms with E-state index in [0.29, 0.717) is 0 Å². The van der Waals surface area contributed by atoms with Gasteiger partial charge in [-0.15, -0.1) is 35.9 Å². The van der Waals surface area contributed by atoms with Crippen molar-refractivity contribution < 1.29 is 34.4 Å². The van der Waals surface area contributed by atoms with Crippen molar-refractivity contribution in [1.29, 1.82) is 0 Å². The van der Waals surface area contributed by atoms with Crippen LogP contribution in [0, 0.1) is 6.07 Å². The predicted molar refractivity (Wildman–Crippen MR) is 85.3 cm³/mol. The van der Waals surface area contributed by atoms with Gasteiger partial charge < -0.3 is 14.5 Å². The number of carbonyl (C=O) groups excluding carboxylic acids is 1. The minimum atomic E-state index is -0.125. The van der Waals surface area contributed by atoms with Crippen molar-refractivity contribution in [3.8, 4) is 11.3 Å². The molecular weight excluding hydrogens is 470 g/mol. The molecule has 0 spiro atoms. The molecule has 0 amide bonds. The number of allylic oxidation sites excluding steroid dienone is 2. The smallest absolute Gasteiger partial charge is 0.155 e. The Morgan fingerprint density at radius 1 is 1.26 bits per heavy atom. The zero-order valence-corrected chi connectivity index (χ0v) is 15.1. The van der Waals surface area contributed by atoms with Crippen molar-refractivity contribution in [2.75, 3.05) is 0 Å². The van der Waals surface area contributed by atoms with Crippen LogP contribution < -0.4 is 0 Å². The summed E-state index contributed by atoms with van der Waals surface area (Å²) in [5.74, 6) is -0.0625. The van der Waals surface area contributed by atoms with Gasteiger partial charge in [-0.1, -0.05) is 0 Å². The number of aliphatic hydroxyl groups is 1.